The van der Waals surface area contributed by atoms with Gasteiger partial charge in [0.1, 0.15) is 12.1 Å². The zero-order chi connectivity index (χ0) is 19.1. The Hall–Kier alpha value is -2.15. The highest BCUT2D eigenvalue weighted by atomic mass is 16.4. The summed E-state index contributed by atoms with van der Waals surface area (Å²) in [4.78, 5) is 29.7. The molecule has 7 heteroatoms. The van der Waals surface area contributed by atoms with Crippen molar-refractivity contribution in [2.24, 2.45) is 17.6 Å². The molecule has 2 heterocycles. The van der Waals surface area contributed by atoms with Gasteiger partial charge in [-0.1, -0.05) is 19.9 Å². The SMILES string of the molecule is CC(C)Cc1ccc(N2CCC(C(N)CN(CC=O)C(=O)O)CC2)nc1. The van der Waals surface area contributed by atoms with Gasteiger partial charge in [-0.05, 0) is 42.7 Å². The Balaban J connectivity index is 1.86. The zero-order valence-electron chi connectivity index (χ0n) is 15.7. The number of hydrogen-bond acceptors (Lipinski definition) is 5. The molecule has 1 aliphatic rings. The van der Waals surface area contributed by atoms with E-state index in [4.69, 9.17) is 10.8 Å². The van der Waals surface area contributed by atoms with E-state index in [1.165, 1.54) is 5.56 Å². The highest BCUT2D eigenvalue weighted by Crippen LogP contribution is 2.24. The van der Waals surface area contributed by atoms with Gasteiger partial charge in [-0.3, -0.25) is 4.90 Å². The van der Waals surface area contributed by atoms with Crippen LogP contribution in [-0.2, 0) is 11.2 Å². The molecule has 1 atom stereocenters. The molecule has 1 amide bonds. The van der Waals surface area contributed by atoms with Gasteiger partial charge < -0.3 is 20.5 Å². The van der Waals surface area contributed by atoms with Gasteiger partial charge in [0.2, 0.25) is 0 Å². The van der Waals surface area contributed by atoms with Crippen LogP contribution in [0.25, 0.3) is 0 Å². The zero-order valence-corrected chi connectivity index (χ0v) is 15.7. The average molecular weight is 362 g/mol. The van der Waals surface area contributed by atoms with Gasteiger partial charge in [-0.25, -0.2) is 9.78 Å². The quantitative estimate of drug-likeness (QED) is 0.686. The van der Waals surface area contributed by atoms with Crippen LogP contribution >= 0.6 is 0 Å². The lowest BCUT2D eigenvalue weighted by molar-refractivity contribution is -0.108. The van der Waals surface area contributed by atoms with Crippen molar-refractivity contribution in [1.82, 2.24) is 9.88 Å². The number of carbonyl (C=O) groups excluding carboxylic acids is 1. The number of rotatable bonds is 8. The lowest BCUT2D eigenvalue weighted by Crippen LogP contribution is -2.48. The molecule has 7 nitrogen and oxygen atoms in total. The summed E-state index contributed by atoms with van der Waals surface area (Å²) in [7, 11) is 0. The fraction of sp³-hybridized carbons (Fsp3) is 0.632. The number of nitrogens with two attached hydrogens (primary N) is 1. The van der Waals surface area contributed by atoms with Crippen molar-refractivity contribution in [3.05, 3.63) is 23.9 Å². The summed E-state index contributed by atoms with van der Waals surface area (Å²) in [5, 5.41) is 9.11. The van der Waals surface area contributed by atoms with Gasteiger partial charge in [-0.2, -0.15) is 0 Å². The molecule has 1 fully saturated rings. The number of nitrogens with zero attached hydrogens (tertiary/aromatic N) is 3. The molecule has 1 aromatic rings. The van der Waals surface area contributed by atoms with Gasteiger partial charge in [0.25, 0.3) is 0 Å². The second-order valence-electron chi connectivity index (χ2n) is 7.47. The first-order chi connectivity index (χ1) is 12.4. The van der Waals surface area contributed by atoms with Gasteiger partial charge in [0, 0.05) is 31.9 Å². The minimum absolute atomic E-state index is 0.130. The first-order valence-electron chi connectivity index (χ1n) is 9.27. The predicted octanol–water partition coefficient (Wildman–Crippen LogP) is 2.00. The molecule has 0 radical (unpaired) electrons. The van der Waals surface area contributed by atoms with E-state index in [1.807, 2.05) is 6.20 Å². The average Bonchev–Trinajstić information content (AvgIpc) is 2.61. The molecule has 144 valence electrons. The number of piperidine rings is 1. The van der Waals surface area contributed by atoms with E-state index < -0.39 is 6.09 Å². The highest BCUT2D eigenvalue weighted by molar-refractivity contribution is 5.69. The van der Waals surface area contributed by atoms with Gasteiger partial charge >= 0.3 is 6.09 Å². The lowest BCUT2D eigenvalue weighted by atomic mass is 9.89. The molecule has 2 rings (SSSR count). The summed E-state index contributed by atoms with van der Waals surface area (Å²) in [6, 6.07) is 3.97. The molecule has 1 unspecified atom stereocenters. The molecule has 0 spiro atoms. The summed E-state index contributed by atoms with van der Waals surface area (Å²) >= 11 is 0. The summed E-state index contributed by atoms with van der Waals surface area (Å²) < 4.78 is 0. The standard InChI is InChI=1S/C19H30N4O3/c1-14(2)11-15-3-4-18(21-12-15)22-7-5-16(6-8-22)17(20)13-23(9-10-24)19(25)26/h3-4,10,12,14,16-17H,5-9,11,13,20H2,1-2H3,(H,25,26). The van der Waals surface area contributed by atoms with Gasteiger partial charge in [-0.15, -0.1) is 0 Å². The Bertz CT molecular complexity index is 583. The van der Waals surface area contributed by atoms with Crippen LogP contribution in [0.1, 0.15) is 32.3 Å². The molecular formula is C19H30N4O3. The molecular weight excluding hydrogens is 332 g/mol. The second kappa shape index (κ2) is 9.52. The summed E-state index contributed by atoms with van der Waals surface area (Å²) in [5.41, 5.74) is 7.47. The summed E-state index contributed by atoms with van der Waals surface area (Å²) in [6.45, 7) is 6.17. The molecule has 26 heavy (non-hydrogen) atoms. The molecule has 3 N–H and O–H groups in total. The van der Waals surface area contributed by atoms with Crippen LogP contribution in [0.5, 0.6) is 0 Å². The van der Waals surface area contributed by atoms with Crippen molar-refractivity contribution in [3.8, 4) is 0 Å². The Labute approximate surface area is 155 Å². The summed E-state index contributed by atoms with van der Waals surface area (Å²) in [5.74, 6) is 1.85. The number of aromatic nitrogens is 1. The third-order valence-corrected chi connectivity index (χ3v) is 4.92. The monoisotopic (exact) mass is 362 g/mol. The molecule has 1 saturated heterocycles. The molecule has 0 bridgehead atoms. The smallest absolute Gasteiger partial charge is 0.407 e. The summed E-state index contributed by atoms with van der Waals surface area (Å²) in [6.07, 6.45) is 4.27. The van der Waals surface area contributed by atoms with Crippen molar-refractivity contribution in [2.45, 2.75) is 39.2 Å². The second-order valence-corrected chi connectivity index (χ2v) is 7.47. The topological polar surface area (TPSA) is 99.8 Å². The van der Waals surface area contributed by atoms with E-state index in [0.717, 1.165) is 43.1 Å². The largest absolute Gasteiger partial charge is 0.465 e. The third-order valence-electron chi connectivity index (χ3n) is 4.92. The highest BCUT2D eigenvalue weighted by Gasteiger charge is 2.27. The van der Waals surface area contributed by atoms with Crippen molar-refractivity contribution < 1.29 is 14.7 Å². The maximum Gasteiger partial charge on any atom is 0.407 e. The number of carbonyl (C=O) groups is 2. The number of hydrogen-bond donors (Lipinski definition) is 2. The Morgan fingerprint density at radius 3 is 2.62 bits per heavy atom. The number of anilines is 1. The van der Waals surface area contributed by atoms with Crippen LogP contribution in [0.4, 0.5) is 10.6 Å². The molecule has 1 aromatic heterocycles. The predicted molar refractivity (Wildman–Crippen MR) is 101 cm³/mol. The van der Waals surface area contributed by atoms with Crippen LogP contribution in [0.15, 0.2) is 18.3 Å². The number of pyridine rings is 1. The Morgan fingerprint density at radius 2 is 2.12 bits per heavy atom. The van der Waals surface area contributed by atoms with Gasteiger partial charge in [0.15, 0.2) is 0 Å². The van der Waals surface area contributed by atoms with Crippen molar-refractivity contribution in [2.75, 3.05) is 31.1 Å². The van der Waals surface area contributed by atoms with Crippen LogP contribution in [0.2, 0.25) is 0 Å². The number of amides is 1. The Kier molecular flexibility index (Phi) is 7.38. The molecule has 0 aliphatic carbocycles. The Morgan fingerprint density at radius 1 is 1.42 bits per heavy atom. The van der Waals surface area contributed by atoms with Crippen LogP contribution < -0.4 is 10.6 Å². The van der Waals surface area contributed by atoms with Crippen molar-refractivity contribution >= 4 is 18.2 Å². The first kappa shape index (κ1) is 20.2. The maximum absolute atomic E-state index is 11.1. The normalized spacial score (nSPS) is 16.5. The van der Waals surface area contributed by atoms with E-state index in [2.05, 4.69) is 35.9 Å². The fourth-order valence-corrected chi connectivity index (χ4v) is 3.48. The lowest BCUT2D eigenvalue weighted by Gasteiger charge is -2.36. The van der Waals surface area contributed by atoms with Crippen molar-refractivity contribution in [3.63, 3.8) is 0 Å². The molecule has 0 saturated carbocycles. The first-order valence-corrected chi connectivity index (χ1v) is 9.27. The fourth-order valence-electron chi connectivity index (χ4n) is 3.48. The van der Waals surface area contributed by atoms with E-state index >= 15 is 0 Å². The third kappa shape index (κ3) is 5.69. The van der Waals surface area contributed by atoms with Crippen molar-refractivity contribution in [1.29, 1.82) is 0 Å². The number of aldehydes is 1. The van der Waals surface area contributed by atoms with E-state index in [9.17, 15) is 9.59 Å². The number of carboxylic acid groups (broad SMARTS) is 1. The maximum atomic E-state index is 11.1. The van der Waals surface area contributed by atoms with Gasteiger partial charge in [0.05, 0.1) is 6.54 Å². The minimum atomic E-state index is -1.10. The van der Waals surface area contributed by atoms with Crippen LogP contribution in [0, 0.1) is 11.8 Å². The minimum Gasteiger partial charge on any atom is -0.465 e. The van der Waals surface area contributed by atoms with E-state index in [0.29, 0.717) is 12.2 Å². The van der Waals surface area contributed by atoms with E-state index in [-0.39, 0.29) is 25.0 Å². The van der Waals surface area contributed by atoms with Crippen LogP contribution in [-0.4, -0.2) is 59.6 Å². The van der Waals surface area contributed by atoms with E-state index in [1.54, 1.807) is 0 Å². The molecule has 1 aliphatic heterocycles. The van der Waals surface area contributed by atoms with Crippen LogP contribution in [0.3, 0.4) is 0 Å². The molecule has 0 aromatic carbocycles.